The van der Waals surface area contributed by atoms with Crippen LogP contribution in [0.4, 0.5) is 4.39 Å². The van der Waals surface area contributed by atoms with Crippen LogP contribution in [-0.2, 0) is 11.3 Å². The summed E-state index contributed by atoms with van der Waals surface area (Å²) >= 11 is 0. The lowest BCUT2D eigenvalue weighted by molar-refractivity contribution is -0.121. The van der Waals surface area contributed by atoms with Gasteiger partial charge in [-0.05, 0) is 63.0 Å². The van der Waals surface area contributed by atoms with E-state index in [-0.39, 0.29) is 11.7 Å². The summed E-state index contributed by atoms with van der Waals surface area (Å²) in [6, 6.07) is 6.55. The molecule has 1 heterocycles. The highest BCUT2D eigenvalue weighted by Crippen LogP contribution is 2.17. The second kappa shape index (κ2) is 9.63. The van der Waals surface area contributed by atoms with Crippen molar-refractivity contribution in [2.45, 2.75) is 32.2 Å². The summed E-state index contributed by atoms with van der Waals surface area (Å²) in [6.45, 7) is 4.37. The molecule has 0 spiro atoms. The summed E-state index contributed by atoms with van der Waals surface area (Å²) < 4.78 is 12.9. The Kier molecular flexibility index (Phi) is 7.49. The van der Waals surface area contributed by atoms with Gasteiger partial charge in [0.1, 0.15) is 5.82 Å². The van der Waals surface area contributed by atoms with Crippen molar-refractivity contribution in [3.05, 3.63) is 35.6 Å². The molecule has 0 aromatic heterocycles. The van der Waals surface area contributed by atoms with E-state index in [1.54, 1.807) is 12.1 Å². The van der Waals surface area contributed by atoms with Crippen molar-refractivity contribution in [2.75, 3.05) is 33.2 Å². The van der Waals surface area contributed by atoms with E-state index >= 15 is 0 Å². The molecule has 0 saturated carbocycles. The quantitative estimate of drug-likeness (QED) is 0.771. The lowest BCUT2D eigenvalue weighted by atomic mass is 9.93. The maximum absolute atomic E-state index is 12.9. The van der Waals surface area contributed by atoms with Crippen molar-refractivity contribution in [1.82, 2.24) is 15.5 Å². The number of nitrogens with one attached hydrogen (secondary N) is 2. The molecular weight excluding hydrogens is 293 g/mol. The van der Waals surface area contributed by atoms with Gasteiger partial charge in [0, 0.05) is 26.1 Å². The first-order valence-electron chi connectivity index (χ1n) is 8.54. The summed E-state index contributed by atoms with van der Waals surface area (Å²) in [5.41, 5.74) is 1.08. The number of halogens is 1. The predicted octanol–water partition coefficient (Wildman–Crippen LogP) is 2.15. The van der Waals surface area contributed by atoms with Crippen LogP contribution in [0, 0.1) is 11.7 Å². The topological polar surface area (TPSA) is 44.4 Å². The van der Waals surface area contributed by atoms with Gasteiger partial charge in [0.25, 0.3) is 0 Å². The largest absolute Gasteiger partial charge is 0.355 e. The fourth-order valence-electron chi connectivity index (χ4n) is 2.96. The molecule has 1 fully saturated rings. The molecule has 1 amide bonds. The van der Waals surface area contributed by atoms with E-state index in [0.29, 0.717) is 18.9 Å². The molecule has 1 aromatic carbocycles. The van der Waals surface area contributed by atoms with E-state index in [1.165, 1.54) is 25.0 Å². The smallest absolute Gasteiger partial charge is 0.220 e. The van der Waals surface area contributed by atoms with Crippen LogP contribution in [0.1, 0.15) is 31.2 Å². The maximum Gasteiger partial charge on any atom is 0.220 e. The molecule has 0 radical (unpaired) electrons. The summed E-state index contributed by atoms with van der Waals surface area (Å²) in [4.78, 5) is 14.0. The minimum absolute atomic E-state index is 0.152. The Balaban J connectivity index is 1.56. The van der Waals surface area contributed by atoms with Crippen LogP contribution in [0.15, 0.2) is 24.3 Å². The zero-order chi connectivity index (χ0) is 16.5. The van der Waals surface area contributed by atoms with Crippen LogP contribution in [0.2, 0.25) is 0 Å². The Morgan fingerprint density at radius 3 is 2.70 bits per heavy atom. The summed E-state index contributed by atoms with van der Waals surface area (Å²) in [5, 5.41) is 6.34. The molecule has 5 heteroatoms. The van der Waals surface area contributed by atoms with Crippen molar-refractivity contribution in [3.63, 3.8) is 0 Å². The predicted molar refractivity (Wildman–Crippen MR) is 90.6 cm³/mol. The monoisotopic (exact) mass is 321 g/mol. The van der Waals surface area contributed by atoms with Gasteiger partial charge in [-0.15, -0.1) is 0 Å². The third-order valence-corrected chi connectivity index (χ3v) is 4.42. The third kappa shape index (κ3) is 7.10. The fourth-order valence-corrected chi connectivity index (χ4v) is 2.96. The average Bonchev–Trinajstić information content (AvgIpc) is 2.56. The first-order valence-corrected chi connectivity index (χ1v) is 8.54. The number of rotatable bonds is 8. The minimum Gasteiger partial charge on any atom is -0.355 e. The molecule has 0 aliphatic carbocycles. The number of benzene rings is 1. The molecule has 2 rings (SSSR count). The molecule has 1 saturated heterocycles. The van der Waals surface area contributed by atoms with Gasteiger partial charge in [0.2, 0.25) is 5.91 Å². The van der Waals surface area contributed by atoms with Crippen LogP contribution in [0.3, 0.4) is 0 Å². The number of hydrogen-bond acceptors (Lipinski definition) is 3. The first kappa shape index (κ1) is 17.9. The van der Waals surface area contributed by atoms with Gasteiger partial charge < -0.3 is 15.5 Å². The van der Waals surface area contributed by atoms with Gasteiger partial charge in [-0.1, -0.05) is 12.1 Å². The lowest BCUT2D eigenvalue weighted by Crippen LogP contribution is -2.33. The summed E-state index contributed by atoms with van der Waals surface area (Å²) in [5.74, 6) is 0.638. The number of likely N-dealkylation sites (N-methyl/N-ethyl adjacent to an activating group) is 1. The van der Waals surface area contributed by atoms with Gasteiger partial charge >= 0.3 is 0 Å². The maximum atomic E-state index is 12.9. The molecule has 0 unspecified atom stereocenters. The SMILES string of the molecule is CN(CCNC(=O)CCC1CCNCC1)Cc1ccc(F)cc1. The summed E-state index contributed by atoms with van der Waals surface area (Å²) in [6.07, 6.45) is 4.01. The average molecular weight is 321 g/mol. The third-order valence-electron chi connectivity index (χ3n) is 4.42. The van der Waals surface area contributed by atoms with Gasteiger partial charge in [-0.3, -0.25) is 4.79 Å². The van der Waals surface area contributed by atoms with E-state index in [0.717, 1.165) is 38.2 Å². The van der Waals surface area contributed by atoms with Crippen LogP contribution in [-0.4, -0.2) is 44.0 Å². The van der Waals surface area contributed by atoms with E-state index in [9.17, 15) is 9.18 Å². The van der Waals surface area contributed by atoms with Crippen molar-refractivity contribution in [1.29, 1.82) is 0 Å². The molecule has 0 atom stereocenters. The Morgan fingerprint density at radius 2 is 2.00 bits per heavy atom. The minimum atomic E-state index is -0.211. The molecule has 4 nitrogen and oxygen atoms in total. The first-order chi connectivity index (χ1) is 11.1. The molecule has 0 bridgehead atoms. The molecule has 1 aromatic rings. The van der Waals surface area contributed by atoms with Gasteiger partial charge in [-0.25, -0.2) is 4.39 Å². The number of nitrogens with zero attached hydrogens (tertiary/aromatic N) is 1. The van der Waals surface area contributed by atoms with Crippen molar-refractivity contribution >= 4 is 5.91 Å². The summed E-state index contributed by atoms with van der Waals surface area (Å²) in [7, 11) is 2.00. The molecule has 2 N–H and O–H groups in total. The van der Waals surface area contributed by atoms with Crippen molar-refractivity contribution in [2.24, 2.45) is 5.92 Å². The van der Waals surface area contributed by atoms with Crippen LogP contribution < -0.4 is 10.6 Å². The number of piperidine rings is 1. The van der Waals surface area contributed by atoms with Crippen LogP contribution in [0.25, 0.3) is 0 Å². The van der Waals surface area contributed by atoms with E-state index in [1.807, 2.05) is 7.05 Å². The van der Waals surface area contributed by atoms with Gasteiger partial charge in [0.05, 0.1) is 0 Å². The van der Waals surface area contributed by atoms with E-state index in [4.69, 9.17) is 0 Å². The van der Waals surface area contributed by atoms with Gasteiger partial charge in [-0.2, -0.15) is 0 Å². The Hall–Kier alpha value is -1.46. The number of carbonyl (C=O) groups excluding carboxylic acids is 1. The van der Waals surface area contributed by atoms with Crippen molar-refractivity contribution in [3.8, 4) is 0 Å². The van der Waals surface area contributed by atoms with Crippen molar-refractivity contribution < 1.29 is 9.18 Å². The second-order valence-electron chi connectivity index (χ2n) is 6.45. The van der Waals surface area contributed by atoms with Crippen LogP contribution >= 0.6 is 0 Å². The number of carbonyl (C=O) groups is 1. The highest BCUT2D eigenvalue weighted by molar-refractivity contribution is 5.75. The number of amides is 1. The Bertz CT molecular complexity index is 472. The Labute approximate surface area is 138 Å². The lowest BCUT2D eigenvalue weighted by Gasteiger charge is -2.22. The Morgan fingerprint density at radius 1 is 1.30 bits per heavy atom. The second-order valence-corrected chi connectivity index (χ2v) is 6.45. The highest BCUT2D eigenvalue weighted by atomic mass is 19.1. The molecule has 1 aliphatic heterocycles. The normalized spacial score (nSPS) is 15.8. The van der Waals surface area contributed by atoms with Crippen LogP contribution in [0.5, 0.6) is 0 Å². The fraction of sp³-hybridized carbons (Fsp3) is 0.611. The molecule has 128 valence electrons. The van der Waals surface area contributed by atoms with E-state index in [2.05, 4.69) is 15.5 Å². The zero-order valence-electron chi connectivity index (χ0n) is 14.0. The zero-order valence-corrected chi connectivity index (χ0v) is 14.0. The number of hydrogen-bond donors (Lipinski definition) is 2. The molecule has 23 heavy (non-hydrogen) atoms. The van der Waals surface area contributed by atoms with E-state index < -0.39 is 0 Å². The highest BCUT2D eigenvalue weighted by Gasteiger charge is 2.14. The van der Waals surface area contributed by atoms with Gasteiger partial charge in [0.15, 0.2) is 0 Å². The standard InChI is InChI=1S/C18H28FN3O/c1-22(14-16-2-5-17(19)6-3-16)13-12-21-18(23)7-4-15-8-10-20-11-9-15/h2-3,5-6,15,20H,4,7-14H2,1H3,(H,21,23). The molecule has 1 aliphatic rings. The molecular formula is C18H28FN3O.